The highest BCUT2D eigenvalue weighted by Crippen LogP contribution is 2.27. The van der Waals surface area contributed by atoms with Gasteiger partial charge in [0.2, 0.25) is 5.82 Å². The summed E-state index contributed by atoms with van der Waals surface area (Å²) in [7, 11) is 0. The second-order valence-corrected chi connectivity index (χ2v) is 4.82. The first-order valence-corrected chi connectivity index (χ1v) is 6.45. The van der Waals surface area contributed by atoms with Gasteiger partial charge in [0.15, 0.2) is 28.4 Å². The Morgan fingerprint density at radius 1 is 0.818 bits per heavy atom. The predicted molar refractivity (Wildman–Crippen MR) is 77.5 cm³/mol. The standard InChI is InChI=1S/C13H6ClF5N2S/c14-5-3-1-2-4-6(5)20-13(22)21-12-10(18)8(16)7(15)9(17)11(12)19/h1-4H,(H2,20,21,22). The number of benzene rings is 2. The van der Waals surface area contributed by atoms with Gasteiger partial charge in [-0.05, 0) is 24.4 Å². The Morgan fingerprint density at radius 3 is 1.86 bits per heavy atom. The Balaban J connectivity index is 2.28. The molecule has 0 radical (unpaired) electrons. The lowest BCUT2D eigenvalue weighted by atomic mass is 10.2. The lowest BCUT2D eigenvalue weighted by molar-refractivity contribution is 0.382. The molecule has 0 atom stereocenters. The Morgan fingerprint density at radius 2 is 1.32 bits per heavy atom. The summed E-state index contributed by atoms with van der Waals surface area (Å²) in [6.07, 6.45) is 0. The Hall–Kier alpha value is -1.93. The molecule has 0 saturated heterocycles. The van der Waals surface area contributed by atoms with Gasteiger partial charge in [-0.2, -0.15) is 0 Å². The van der Waals surface area contributed by atoms with E-state index in [1.807, 2.05) is 5.32 Å². The highest BCUT2D eigenvalue weighted by Gasteiger charge is 2.26. The lowest BCUT2D eigenvalue weighted by Crippen LogP contribution is -2.22. The van der Waals surface area contributed by atoms with Gasteiger partial charge in [-0.25, -0.2) is 22.0 Å². The number of thiocarbonyl (C=S) groups is 1. The normalized spacial score (nSPS) is 10.5. The zero-order valence-corrected chi connectivity index (χ0v) is 12.1. The van der Waals surface area contributed by atoms with Crippen LogP contribution >= 0.6 is 23.8 Å². The van der Waals surface area contributed by atoms with Crippen LogP contribution in [0.15, 0.2) is 24.3 Å². The van der Waals surface area contributed by atoms with Crippen LogP contribution in [0.3, 0.4) is 0 Å². The SMILES string of the molecule is Fc1c(F)c(F)c(NC(=S)Nc2ccccc2Cl)c(F)c1F. The summed E-state index contributed by atoms with van der Waals surface area (Å²) in [5.41, 5.74) is -0.952. The first-order valence-electron chi connectivity index (χ1n) is 5.67. The van der Waals surface area contributed by atoms with Crippen molar-refractivity contribution in [2.24, 2.45) is 0 Å². The lowest BCUT2D eigenvalue weighted by Gasteiger charge is -2.13. The van der Waals surface area contributed by atoms with Gasteiger partial charge >= 0.3 is 0 Å². The molecule has 22 heavy (non-hydrogen) atoms. The van der Waals surface area contributed by atoms with Crippen LogP contribution in [0.4, 0.5) is 33.3 Å². The van der Waals surface area contributed by atoms with E-state index in [2.05, 4.69) is 5.32 Å². The predicted octanol–water partition coefficient (Wildman–Crippen LogP) is 4.84. The van der Waals surface area contributed by atoms with Crippen LogP contribution in [0.25, 0.3) is 0 Å². The summed E-state index contributed by atoms with van der Waals surface area (Å²) in [6, 6.07) is 6.27. The van der Waals surface area contributed by atoms with Crippen LogP contribution in [-0.4, -0.2) is 5.11 Å². The van der Waals surface area contributed by atoms with Crippen LogP contribution in [0.1, 0.15) is 0 Å². The molecule has 0 heterocycles. The van der Waals surface area contributed by atoms with Crippen molar-refractivity contribution in [2.45, 2.75) is 0 Å². The van der Waals surface area contributed by atoms with E-state index in [1.54, 1.807) is 12.1 Å². The molecule has 116 valence electrons. The zero-order valence-electron chi connectivity index (χ0n) is 10.5. The average Bonchev–Trinajstić information content (AvgIpc) is 2.50. The minimum absolute atomic E-state index is 0.254. The van der Waals surface area contributed by atoms with Gasteiger partial charge in [0.05, 0.1) is 10.7 Å². The molecule has 2 nitrogen and oxygen atoms in total. The fraction of sp³-hybridized carbons (Fsp3) is 0. The van der Waals surface area contributed by atoms with Gasteiger partial charge in [0.1, 0.15) is 5.69 Å². The van der Waals surface area contributed by atoms with Crippen molar-refractivity contribution < 1.29 is 22.0 Å². The molecular weight excluding hydrogens is 347 g/mol. The second kappa shape index (κ2) is 6.45. The summed E-state index contributed by atoms with van der Waals surface area (Å²) >= 11 is 10.6. The third-order valence-electron chi connectivity index (χ3n) is 2.57. The van der Waals surface area contributed by atoms with Crippen molar-refractivity contribution in [1.82, 2.24) is 0 Å². The van der Waals surface area contributed by atoms with E-state index in [0.29, 0.717) is 5.69 Å². The number of nitrogens with one attached hydrogen (secondary N) is 2. The maximum Gasteiger partial charge on any atom is 0.200 e. The second-order valence-electron chi connectivity index (χ2n) is 4.00. The fourth-order valence-corrected chi connectivity index (χ4v) is 1.94. The molecule has 0 aliphatic carbocycles. The van der Waals surface area contributed by atoms with E-state index in [4.69, 9.17) is 23.8 Å². The quantitative estimate of drug-likeness (QED) is 0.350. The number of rotatable bonds is 2. The van der Waals surface area contributed by atoms with Gasteiger partial charge in [-0.15, -0.1) is 0 Å². The van der Waals surface area contributed by atoms with Crippen molar-refractivity contribution in [3.63, 3.8) is 0 Å². The van der Waals surface area contributed by atoms with Crippen molar-refractivity contribution in [3.05, 3.63) is 58.4 Å². The largest absolute Gasteiger partial charge is 0.331 e. The van der Waals surface area contributed by atoms with Gasteiger partial charge in [0.25, 0.3) is 0 Å². The first-order chi connectivity index (χ1) is 10.3. The Labute approximate surface area is 131 Å². The highest BCUT2D eigenvalue weighted by molar-refractivity contribution is 7.80. The van der Waals surface area contributed by atoms with Gasteiger partial charge in [-0.3, -0.25) is 0 Å². The molecule has 9 heteroatoms. The van der Waals surface area contributed by atoms with E-state index < -0.39 is 39.9 Å². The number of hydrogen-bond acceptors (Lipinski definition) is 1. The molecule has 0 fully saturated rings. The average molecular weight is 353 g/mol. The van der Waals surface area contributed by atoms with Crippen LogP contribution in [0.5, 0.6) is 0 Å². The van der Waals surface area contributed by atoms with Crippen LogP contribution in [0, 0.1) is 29.1 Å². The molecule has 0 spiro atoms. The summed E-state index contributed by atoms with van der Waals surface area (Å²) in [4.78, 5) is 0. The van der Waals surface area contributed by atoms with Crippen molar-refractivity contribution in [1.29, 1.82) is 0 Å². The summed E-state index contributed by atoms with van der Waals surface area (Å²) in [6.45, 7) is 0. The molecular formula is C13H6ClF5N2S. The summed E-state index contributed by atoms with van der Waals surface area (Å²) < 4.78 is 66.0. The van der Waals surface area contributed by atoms with E-state index >= 15 is 0 Å². The van der Waals surface area contributed by atoms with E-state index in [-0.39, 0.29) is 5.02 Å². The van der Waals surface area contributed by atoms with E-state index in [1.165, 1.54) is 12.1 Å². The van der Waals surface area contributed by atoms with Crippen LogP contribution in [-0.2, 0) is 0 Å². The topological polar surface area (TPSA) is 24.1 Å². The first kappa shape index (κ1) is 16.4. The van der Waals surface area contributed by atoms with E-state index in [0.717, 1.165) is 0 Å². The minimum atomic E-state index is -2.24. The summed E-state index contributed by atoms with van der Waals surface area (Å²) in [5.74, 6) is -10.4. The number of para-hydroxylation sites is 1. The summed E-state index contributed by atoms with van der Waals surface area (Å²) in [5, 5.41) is 4.27. The molecule has 2 aromatic rings. The molecule has 0 aromatic heterocycles. The van der Waals surface area contributed by atoms with Crippen LogP contribution < -0.4 is 10.6 Å². The third kappa shape index (κ3) is 3.12. The third-order valence-corrected chi connectivity index (χ3v) is 3.10. The highest BCUT2D eigenvalue weighted by atomic mass is 35.5. The molecule has 0 bridgehead atoms. The zero-order chi connectivity index (χ0) is 16.4. The minimum Gasteiger partial charge on any atom is -0.331 e. The number of halogens is 6. The Kier molecular flexibility index (Phi) is 4.82. The smallest absolute Gasteiger partial charge is 0.200 e. The molecule has 2 rings (SSSR count). The van der Waals surface area contributed by atoms with Gasteiger partial charge < -0.3 is 10.6 Å². The van der Waals surface area contributed by atoms with Gasteiger partial charge in [-0.1, -0.05) is 23.7 Å². The maximum absolute atomic E-state index is 13.5. The molecule has 0 unspecified atom stereocenters. The monoisotopic (exact) mass is 352 g/mol. The molecule has 0 aliphatic heterocycles. The molecule has 0 aliphatic rings. The molecule has 0 amide bonds. The van der Waals surface area contributed by atoms with Crippen molar-refractivity contribution in [2.75, 3.05) is 10.6 Å². The van der Waals surface area contributed by atoms with Crippen LogP contribution in [0.2, 0.25) is 5.02 Å². The van der Waals surface area contributed by atoms with Crippen molar-refractivity contribution >= 4 is 40.3 Å². The Bertz CT molecular complexity index is 724. The number of hydrogen-bond donors (Lipinski definition) is 2. The van der Waals surface area contributed by atoms with Gasteiger partial charge in [0, 0.05) is 0 Å². The van der Waals surface area contributed by atoms with Crippen molar-refractivity contribution in [3.8, 4) is 0 Å². The molecule has 2 aromatic carbocycles. The maximum atomic E-state index is 13.5. The molecule has 2 N–H and O–H groups in total. The van der Waals surface area contributed by atoms with E-state index in [9.17, 15) is 22.0 Å². The number of anilines is 2. The molecule has 0 saturated carbocycles. The fourth-order valence-electron chi connectivity index (χ4n) is 1.54.